The summed E-state index contributed by atoms with van der Waals surface area (Å²) < 4.78 is 5.56. The van der Waals surface area contributed by atoms with Crippen LogP contribution < -0.4 is 0 Å². The molecular weight excluding hydrogens is 174 g/mol. The largest absolute Gasteiger partial charge is 0.479 e. The van der Waals surface area contributed by atoms with Gasteiger partial charge in [-0.3, -0.25) is 0 Å². The van der Waals surface area contributed by atoms with E-state index in [1.807, 2.05) is 0 Å². The Hall–Kier alpha value is -0.530. The van der Waals surface area contributed by atoms with Crippen LogP contribution in [0.1, 0.15) is 47.0 Å². The van der Waals surface area contributed by atoms with Gasteiger partial charge < -0.3 is 4.74 Å². The monoisotopic (exact) mass is 197 g/mol. The minimum Gasteiger partial charge on any atom is -0.479 e. The maximum atomic E-state index is 5.56. The highest BCUT2D eigenvalue weighted by Gasteiger charge is 2.20. The van der Waals surface area contributed by atoms with Gasteiger partial charge in [0.25, 0.3) is 0 Å². The molecule has 0 spiro atoms. The zero-order chi connectivity index (χ0) is 10.6. The van der Waals surface area contributed by atoms with Crippen LogP contribution in [-0.2, 0) is 4.74 Å². The second-order valence-corrected chi connectivity index (χ2v) is 4.93. The number of hydrogen-bond acceptors (Lipinski definition) is 2. The second-order valence-electron chi connectivity index (χ2n) is 4.93. The van der Waals surface area contributed by atoms with Crippen molar-refractivity contribution in [2.75, 3.05) is 6.61 Å². The third-order valence-electron chi connectivity index (χ3n) is 2.67. The van der Waals surface area contributed by atoms with Crippen molar-refractivity contribution >= 4 is 5.90 Å². The third kappa shape index (κ3) is 3.69. The molecule has 0 radical (unpaired) electrons. The SMILES string of the molecule is CC(C)CCCC1=NC(C(C)C)CO1. The molecular formula is C12H23NO. The maximum Gasteiger partial charge on any atom is 0.183 e. The summed E-state index contributed by atoms with van der Waals surface area (Å²) in [5, 5.41) is 0. The molecule has 1 atom stereocenters. The lowest BCUT2D eigenvalue weighted by molar-refractivity contribution is 0.284. The summed E-state index contributed by atoms with van der Waals surface area (Å²) in [4.78, 5) is 4.58. The molecule has 1 unspecified atom stereocenters. The third-order valence-corrected chi connectivity index (χ3v) is 2.67. The van der Waals surface area contributed by atoms with Crippen LogP contribution in [0.25, 0.3) is 0 Å². The highest BCUT2D eigenvalue weighted by atomic mass is 16.5. The lowest BCUT2D eigenvalue weighted by atomic mass is 10.1. The highest BCUT2D eigenvalue weighted by Crippen LogP contribution is 2.17. The Balaban J connectivity index is 2.23. The Labute approximate surface area is 87.8 Å². The summed E-state index contributed by atoms with van der Waals surface area (Å²) in [6.07, 6.45) is 3.51. The summed E-state index contributed by atoms with van der Waals surface area (Å²) in [5.41, 5.74) is 0. The van der Waals surface area contributed by atoms with Gasteiger partial charge in [0, 0.05) is 6.42 Å². The van der Waals surface area contributed by atoms with E-state index < -0.39 is 0 Å². The smallest absolute Gasteiger partial charge is 0.183 e. The normalized spacial score (nSPS) is 21.6. The Kier molecular flexibility index (Phi) is 4.43. The highest BCUT2D eigenvalue weighted by molar-refractivity contribution is 5.77. The van der Waals surface area contributed by atoms with Crippen LogP contribution in [0, 0.1) is 11.8 Å². The van der Waals surface area contributed by atoms with E-state index in [1.165, 1.54) is 12.8 Å². The predicted molar refractivity (Wildman–Crippen MR) is 60.7 cm³/mol. The first-order valence-electron chi connectivity index (χ1n) is 5.79. The van der Waals surface area contributed by atoms with Gasteiger partial charge in [-0.1, -0.05) is 34.1 Å². The molecule has 0 N–H and O–H groups in total. The van der Waals surface area contributed by atoms with Gasteiger partial charge in [-0.05, 0) is 18.3 Å². The molecule has 0 aliphatic carbocycles. The molecule has 0 saturated heterocycles. The topological polar surface area (TPSA) is 21.6 Å². The van der Waals surface area contributed by atoms with E-state index in [4.69, 9.17) is 4.74 Å². The molecule has 2 heteroatoms. The number of nitrogens with zero attached hydrogens (tertiary/aromatic N) is 1. The Bertz CT molecular complexity index is 196. The lowest BCUT2D eigenvalue weighted by Gasteiger charge is -2.06. The van der Waals surface area contributed by atoms with Crippen molar-refractivity contribution < 1.29 is 4.74 Å². The van der Waals surface area contributed by atoms with Crippen LogP contribution in [-0.4, -0.2) is 18.5 Å². The predicted octanol–water partition coefficient (Wildman–Crippen LogP) is 3.27. The van der Waals surface area contributed by atoms with Gasteiger partial charge >= 0.3 is 0 Å². The number of hydrogen-bond donors (Lipinski definition) is 0. The molecule has 0 saturated carbocycles. The van der Waals surface area contributed by atoms with E-state index in [-0.39, 0.29) is 0 Å². The fourth-order valence-electron chi connectivity index (χ4n) is 1.58. The van der Waals surface area contributed by atoms with Crippen LogP contribution in [0.2, 0.25) is 0 Å². The van der Waals surface area contributed by atoms with Gasteiger partial charge in [-0.2, -0.15) is 0 Å². The molecule has 82 valence electrons. The first kappa shape index (κ1) is 11.5. The molecule has 1 heterocycles. The molecule has 0 fully saturated rings. The second kappa shape index (κ2) is 5.38. The minimum atomic E-state index is 0.407. The summed E-state index contributed by atoms with van der Waals surface area (Å²) in [6, 6.07) is 0.407. The van der Waals surface area contributed by atoms with Crippen molar-refractivity contribution in [2.24, 2.45) is 16.8 Å². The van der Waals surface area contributed by atoms with Gasteiger partial charge in [0.1, 0.15) is 6.61 Å². The zero-order valence-electron chi connectivity index (χ0n) is 9.92. The Morgan fingerprint density at radius 2 is 2.07 bits per heavy atom. The zero-order valence-corrected chi connectivity index (χ0v) is 9.92. The van der Waals surface area contributed by atoms with Gasteiger partial charge in [0.15, 0.2) is 5.90 Å². The maximum absolute atomic E-state index is 5.56. The summed E-state index contributed by atoms with van der Waals surface area (Å²) >= 11 is 0. The molecule has 1 aliphatic rings. The summed E-state index contributed by atoms with van der Waals surface area (Å²) in [7, 11) is 0. The van der Waals surface area contributed by atoms with Crippen molar-refractivity contribution in [3.05, 3.63) is 0 Å². The summed E-state index contributed by atoms with van der Waals surface area (Å²) in [5.74, 6) is 2.39. The van der Waals surface area contributed by atoms with Crippen molar-refractivity contribution in [3.8, 4) is 0 Å². The van der Waals surface area contributed by atoms with Crippen LogP contribution in [0.4, 0.5) is 0 Å². The van der Waals surface area contributed by atoms with Crippen molar-refractivity contribution in [2.45, 2.75) is 53.0 Å². The molecule has 0 aromatic rings. The van der Waals surface area contributed by atoms with Gasteiger partial charge in [0.05, 0.1) is 6.04 Å². The molecule has 0 amide bonds. The standard InChI is InChI=1S/C12H23NO/c1-9(2)6-5-7-12-13-11(8-14-12)10(3)4/h9-11H,5-8H2,1-4H3. The van der Waals surface area contributed by atoms with Crippen LogP contribution in [0.5, 0.6) is 0 Å². The van der Waals surface area contributed by atoms with E-state index in [1.54, 1.807) is 0 Å². The quantitative estimate of drug-likeness (QED) is 0.663. The van der Waals surface area contributed by atoms with Crippen molar-refractivity contribution in [1.82, 2.24) is 0 Å². The van der Waals surface area contributed by atoms with E-state index >= 15 is 0 Å². The molecule has 0 aromatic carbocycles. The van der Waals surface area contributed by atoms with E-state index in [2.05, 4.69) is 32.7 Å². The van der Waals surface area contributed by atoms with E-state index in [0.29, 0.717) is 12.0 Å². The molecule has 2 nitrogen and oxygen atoms in total. The van der Waals surface area contributed by atoms with E-state index in [0.717, 1.165) is 24.8 Å². The van der Waals surface area contributed by atoms with Gasteiger partial charge in [-0.15, -0.1) is 0 Å². The fraction of sp³-hybridized carbons (Fsp3) is 0.917. The molecule has 14 heavy (non-hydrogen) atoms. The van der Waals surface area contributed by atoms with Crippen LogP contribution in [0.15, 0.2) is 4.99 Å². The average molecular weight is 197 g/mol. The number of ether oxygens (including phenoxy) is 1. The lowest BCUT2D eigenvalue weighted by Crippen LogP contribution is -2.13. The molecule has 0 bridgehead atoms. The number of aliphatic imine (C=N–C) groups is 1. The van der Waals surface area contributed by atoms with Crippen LogP contribution >= 0.6 is 0 Å². The van der Waals surface area contributed by atoms with Crippen molar-refractivity contribution in [1.29, 1.82) is 0 Å². The molecule has 0 aromatic heterocycles. The molecule has 1 rings (SSSR count). The first-order valence-corrected chi connectivity index (χ1v) is 5.79. The van der Waals surface area contributed by atoms with E-state index in [9.17, 15) is 0 Å². The van der Waals surface area contributed by atoms with Crippen LogP contribution in [0.3, 0.4) is 0 Å². The number of rotatable bonds is 5. The summed E-state index contributed by atoms with van der Waals surface area (Å²) in [6.45, 7) is 9.72. The average Bonchev–Trinajstić information content (AvgIpc) is 2.52. The minimum absolute atomic E-state index is 0.407. The Morgan fingerprint density at radius 3 is 2.57 bits per heavy atom. The first-order chi connectivity index (χ1) is 6.59. The van der Waals surface area contributed by atoms with Crippen molar-refractivity contribution in [3.63, 3.8) is 0 Å². The molecule has 1 aliphatic heterocycles. The van der Waals surface area contributed by atoms with Gasteiger partial charge in [0.2, 0.25) is 0 Å². The fourth-order valence-corrected chi connectivity index (χ4v) is 1.58. The Morgan fingerprint density at radius 1 is 1.36 bits per heavy atom. The van der Waals surface area contributed by atoms with Gasteiger partial charge in [-0.25, -0.2) is 4.99 Å².